The van der Waals surface area contributed by atoms with Crippen molar-refractivity contribution in [3.05, 3.63) is 22.4 Å². The highest BCUT2D eigenvalue weighted by Gasteiger charge is 2.34. The lowest BCUT2D eigenvalue weighted by atomic mass is 9.88. The van der Waals surface area contributed by atoms with Gasteiger partial charge < -0.3 is 4.90 Å². The van der Waals surface area contributed by atoms with E-state index in [-0.39, 0.29) is 0 Å². The first-order valence-electron chi connectivity index (χ1n) is 6.35. The van der Waals surface area contributed by atoms with Crippen molar-refractivity contribution < 1.29 is 0 Å². The molecule has 3 fully saturated rings. The van der Waals surface area contributed by atoms with E-state index in [2.05, 4.69) is 38.1 Å². The molecule has 2 unspecified atom stereocenters. The Bertz CT molecular complexity index is 329. The van der Waals surface area contributed by atoms with Gasteiger partial charge in [-0.15, -0.1) is 21.0 Å². The molecule has 16 heavy (non-hydrogen) atoms. The molecule has 0 aromatic heterocycles. The molecule has 0 saturated carbocycles. The molecule has 0 radical (unpaired) electrons. The molecule has 4 rings (SSSR count). The van der Waals surface area contributed by atoms with E-state index in [4.69, 9.17) is 0 Å². The Kier molecular flexibility index (Phi) is 3.42. The van der Waals surface area contributed by atoms with Crippen molar-refractivity contribution in [2.75, 3.05) is 19.6 Å². The van der Waals surface area contributed by atoms with Crippen molar-refractivity contribution in [2.24, 2.45) is 5.92 Å². The van der Waals surface area contributed by atoms with Gasteiger partial charge in [-0.3, -0.25) is 0 Å². The Balaban J connectivity index is 1.63. The highest BCUT2D eigenvalue weighted by molar-refractivity contribution is 8.03. The van der Waals surface area contributed by atoms with Crippen LogP contribution in [0.4, 0.5) is 0 Å². The highest BCUT2D eigenvalue weighted by Crippen LogP contribution is 2.41. The third-order valence-corrected chi connectivity index (χ3v) is 6.00. The van der Waals surface area contributed by atoms with E-state index in [1.165, 1.54) is 50.6 Å². The number of fused-ring (bicyclic) bond motifs is 3. The number of hydrogen-bond donors (Lipinski definition) is 0. The predicted molar refractivity (Wildman–Crippen MR) is 75.7 cm³/mol. The van der Waals surface area contributed by atoms with Crippen molar-refractivity contribution >= 4 is 21.0 Å². The second-order valence-electron chi connectivity index (χ2n) is 5.17. The Morgan fingerprint density at radius 3 is 2.56 bits per heavy atom. The molecule has 3 aliphatic heterocycles. The Morgan fingerprint density at radius 1 is 1.19 bits per heavy atom. The van der Waals surface area contributed by atoms with Crippen LogP contribution in [0.15, 0.2) is 22.4 Å². The summed E-state index contributed by atoms with van der Waals surface area (Å²) in [6, 6.07) is 0. The molecule has 0 aromatic carbocycles. The maximum atomic E-state index is 2.83. The fourth-order valence-electron chi connectivity index (χ4n) is 2.97. The van der Waals surface area contributed by atoms with Gasteiger partial charge in [-0.2, -0.15) is 0 Å². The molecule has 4 aliphatic rings. The average Bonchev–Trinajstić information content (AvgIpc) is 2.34. The van der Waals surface area contributed by atoms with Gasteiger partial charge in [-0.1, -0.05) is 17.5 Å². The maximum Gasteiger partial charge on any atom is 0.0248 e. The first kappa shape index (κ1) is 11.3. The summed E-state index contributed by atoms with van der Waals surface area (Å²) in [5.74, 6) is 0.997. The highest BCUT2D eigenvalue weighted by atomic mass is 32.2. The summed E-state index contributed by atoms with van der Waals surface area (Å²) in [7, 11) is 2.83. The zero-order valence-corrected chi connectivity index (χ0v) is 11.7. The van der Waals surface area contributed by atoms with Gasteiger partial charge in [0.2, 0.25) is 0 Å². The summed E-state index contributed by atoms with van der Waals surface area (Å²) < 4.78 is 0. The third kappa shape index (κ3) is 2.39. The van der Waals surface area contributed by atoms with Crippen LogP contribution in [0.2, 0.25) is 0 Å². The molecule has 0 amide bonds. The minimum absolute atomic E-state index is 0.883. The molecule has 88 valence electrons. The third-order valence-electron chi connectivity index (χ3n) is 4.04. The summed E-state index contributed by atoms with van der Waals surface area (Å²) in [5.41, 5.74) is 0. The van der Waals surface area contributed by atoms with Gasteiger partial charge in [-0.25, -0.2) is 0 Å². The largest absolute Gasteiger partial charge is 0.302 e. The lowest BCUT2D eigenvalue weighted by molar-refractivity contribution is 0.118. The minimum Gasteiger partial charge on any atom is -0.302 e. The van der Waals surface area contributed by atoms with Crippen LogP contribution in [-0.4, -0.2) is 29.8 Å². The first-order chi connectivity index (χ1) is 7.81. The number of piperidine rings is 3. The summed E-state index contributed by atoms with van der Waals surface area (Å²) in [4.78, 5) is 4.27. The van der Waals surface area contributed by atoms with Gasteiger partial charge >= 0.3 is 0 Å². The number of rotatable bonds is 2. The Hall–Kier alpha value is 0.220. The van der Waals surface area contributed by atoms with E-state index in [1.54, 1.807) is 4.91 Å². The standard InChI is InChI=1S/C13H20NPS/c15-11-1-3-12(4-2-11)16-13-9-14-7-5-10(13)6-8-14/h1,3,10,13H,2,4-9,15H2. The summed E-state index contributed by atoms with van der Waals surface area (Å²) in [6.07, 6.45) is 10.0. The van der Waals surface area contributed by atoms with E-state index in [0.29, 0.717) is 0 Å². The van der Waals surface area contributed by atoms with Crippen LogP contribution in [0.3, 0.4) is 0 Å². The van der Waals surface area contributed by atoms with Crippen LogP contribution in [0, 0.1) is 5.92 Å². The number of thioether (sulfide) groups is 1. The van der Waals surface area contributed by atoms with Crippen molar-refractivity contribution in [1.82, 2.24) is 4.90 Å². The molecule has 3 heterocycles. The summed E-state index contributed by atoms with van der Waals surface area (Å²) in [6.45, 7) is 4.05. The molecule has 2 bridgehead atoms. The van der Waals surface area contributed by atoms with Crippen LogP contribution in [0.25, 0.3) is 0 Å². The first-order valence-corrected chi connectivity index (χ1v) is 7.81. The van der Waals surface area contributed by atoms with Crippen LogP contribution in [0.1, 0.15) is 25.7 Å². The monoisotopic (exact) mass is 253 g/mol. The zero-order valence-electron chi connectivity index (χ0n) is 9.69. The Morgan fingerprint density at radius 2 is 2.00 bits per heavy atom. The Labute approximate surface area is 105 Å². The zero-order chi connectivity index (χ0) is 11.0. The van der Waals surface area contributed by atoms with Crippen molar-refractivity contribution in [3.63, 3.8) is 0 Å². The van der Waals surface area contributed by atoms with Gasteiger partial charge in [0.25, 0.3) is 0 Å². The SMILES string of the molecule is PC1=CC=C(SC2CN3CCC2CC3)CC1. The molecule has 1 nitrogen and oxygen atoms in total. The van der Waals surface area contributed by atoms with E-state index in [0.717, 1.165) is 11.2 Å². The van der Waals surface area contributed by atoms with E-state index < -0.39 is 0 Å². The maximum absolute atomic E-state index is 2.83. The molecule has 3 heteroatoms. The lowest BCUT2D eigenvalue weighted by Gasteiger charge is -2.44. The quantitative estimate of drug-likeness (QED) is 0.695. The van der Waals surface area contributed by atoms with Gasteiger partial charge in [0.15, 0.2) is 0 Å². The number of nitrogens with zero attached hydrogens (tertiary/aromatic N) is 1. The smallest absolute Gasteiger partial charge is 0.0248 e. The predicted octanol–water partition coefficient (Wildman–Crippen LogP) is 3.25. The molecule has 3 saturated heterocycles. The molecule has 0 aromatic rings. The fraction of sp³-hybridized carbons (Fsp3) is 0.692. The topological polar surface area (TPSA) is 3.24 Å². The van der Waals surface area contributed by atoms with E-state index >= 15 is 0 Å². The average molecular weight is 253 g/mol. The number of hydrogen-bond acceptors (Lipinski definition) is 2. The number of allylic oxidation sites excluding steroid dienone is 4. The van der Waals surface area contributed by atoms with Crippen LogP contribution >= 0.6 is 21.0 Å². The van der Waals surface area contributed by atoms with Crippen molar-refractivity contribution in [3.8, 4) is 0 Å². The van der Waals surface area contributed by atoms with Crippen molar-refractivity contribution in [2.45, 2.75) is 30.9 Å². The van der Waals surface area contributed by atoms with Gasteiger partial charge in [0.1, 0.15) is 0 Å². The lowest BCUT2D eigenvalue weighted by Crippen LogP contribution is -2.49. The van der Waals surface area contributed by atoms with E-state index in [1.807, 2.05) is 0 Å². The van der Waals surface area contributed by atoms with Gasteiger partial charge in [-0.05, 0) is 49.6 Å². The van der Waals surface area contributed by atoms with Crippen LogP contribution in [0.5, 0.6) is 0 Å². The molecular formula is C13H20NPS. The molecule has 0 N–H and O–H groups in total. The van der Waals surface area contributed by atoms with Crippen molar-refractivity contribution in [1.29, 1.82) is 0 Å². The molecule has 2 atom stereocenters. The second kappa shape index (κ2) is 4.84. The molecule has 0 spiro atoms. The minimum atomic E-state index is 0.883. The summed E-state index contributed by atoms with van der Waals surface area (Å²) in [5, 5.41) is 2.34. The normalized spacial score (nSPS) is 38.2. The van der Waals surface area contributed by atoms with E-state index in [9.17, 15) is 0 Å². The molecular weight excluding hydrogens is 233 g/mol. The van der Waals surface area contributed by atoms with Gasteiger partial charge in [0, 0.05) is 11.8 Å². The molecule has 1 aliphatic carbocycles. The van der Waals surface area contributed by atoms with Crippen LogP contribution < -0.4 is 0 Å². The van der Waals surface area contributed by atoms with Crippen LogP contribution in [-0.2, 0) is 0 Å². The summed E-state index contributed by atoms with van der Waals surface area (Å²) >= 11 is 2.17. The fourth-order valence-corrected chi connectivity index (χ4v) is 4.72. The van der Waals surface area contributed by atoms with Gasteiger partial charge in [0.05, 0.1) is 0 Å². The second-order valence-corrected chi connectivity index (χ2v) is 7.28.